The number of benzene rings is 2. The molecule has 0 radical (unpaired) electrons. The van der Waals surface area contributed by atoms with Crippen molar-refractivity contribution in [3.8, 4) is 34.3 Å². The third-order valence-electron chi connectivity index (χ3n) is 4.57. The Morgan fingerprint density at radius 3 is 2.50 bits per heavy atom. The lowest BCUT2D eigenvalue weighted by Gasteiger charge is -2.11. The SMILES string of the molecule is Cn1ncc(-c2nc(-c3ccc(S(N)(=O)=O)cc3)no2)c1COc1cccc(OC(F)(F)F)c1. The van der Waals surface area contributed by atoms with Crippen molar-refractivity contribution in [1.82, 2.24) is 19.9 Å². The van der Waals surface area contributed by atoms with E-state index < -0.39 is 22.1 Å². The summed E-state index contributed by atoms with van der Waals surface area (Å²) in [5.41, 5.74) is 1.46. The lowest BCUT2D eigenvalue weighted by atomic mass is 10.2. The van der Waals surface area contributed by atoms with Gasteiger partial charge in [-0.15, -0.1) is 13.2 Å². The first kappa shape index (κ1) is 23.3. The van der Waals surface area contributed by atoms with Crippen molar-refractivity contribution in [1.29, 1.82) is 0 Å². The molecular weight excluding hydrogens is 479 g/mol. The van der Waals surface area contributed by atoms with E-state index in [-0.39, 0.29) is 29.0 Å². The average molecular weight is 495 g/mol. The highest BCUT2D eigenvalue weighted by atomic mass is 32.2. The minimum atomic E-state index is -4.82. The Morgan fingerprint density at radius 1 is 1.12 bits per heavy atom. The number of primary sulfonamides is 1. The zero-order valence-electron chi connectivity index (χ0n) is 17.4. The Labute approximate surface area is 190 Å². The van der Waals surface area contributed by atoms with Crippen LogP contribution in [0.3, 0.4) is 0 Å². The first-order valence-corrected chi connectivity index (χ1v) is 11.0. The van der Waals surface area contributed by atoms with Gasteiger partial charge >= 0.3 is 6.36 Å². The van der Waals surface area contributed by atoms with E-state index in [0.717, 1.165) is 12.1 Å². The molecule has 0 saturated carbocycles. The molecule has 0 spiro atoms. The number of aromatic nitrogens is 4. The molecule has 10 nitrogen and oxygen atoms in total. The largest absolute Gasteiger partial charge is 0.573 e. The van der Waals surface area contributed by atoms with Gasteiger partial charge in [0.05, 0.1) is 22.3 Å². The summed E-state index contributed by atoms with van der Waals surface area (Å²) in [6.45, 7) is -0.0674. The summed E-state index contributed by atoms with van der Waals surface area (Å²) in [5.74, 6) is 0.0513. The highest BCUT2D eigenvalue weighted by molar-refractivity contribution is 7.89. The lowest BCUT2D eigenvalue weighted by Crippen LogP contribution is -2.17. The van der Waals surface area contributed by atoms with E-state index in [1.54, 1.807) is 7.05 Å². The van der Waals surface area contributed by atoms with E-state index in [1.807, 2.05) is 0 Å². The second kappa shape index (κ2) is 8.79. The maximum Gasteiger partial charge on any atom is 0.573 e. The van der Waals surface area contributed by atoms with Gasteiger partial charge in [0.15, 0.2) is 0 Å². The van der Waals surface area contributed by atoms with Crippen molar-refractivity contribution in [2.75, 3.05) is 0 Å². The van der Waals surface area contributed by atoms with Crippen LogP contribution in [0.5, 0.6) is 11.5 Å². The summed E-state index contributed by atoms with van der Waals surface area (Å²) in [6, 6.07) is 10.7. The van der Waals surface area contributed by atoms with Crippen LogP contribution >= 0.6 is 0 Å². The summed E-state index contributed by atoms with van der Waals surface area (Å²) in [7, 11) is -2.19. The van der Waals surface area contributed by atoms with Crippen LogP contribution in [-0.2, 0) is 23.7 Å². The quantitative estimate of drug-likeness (QED) is 0.413. The zero-order valence-corrected chi connectivity index (χ0v) is 18.2. The van der Waals surface area contributed by atoms with Crippen LogP contribution in [0.25, 0.3) is 22.8 Å². The van der Waals surface area contributed by atoms with Crippen molar-refractivity contribution < 1.29 is 35.6 Å². The summed E-state index contributed by atoms with van der Waals surface area (Å²) in [4.78, 5) is 4.25. The van der Waals surface area contributed by atoms with Crippen LogP contribution in [0.15, 0.2) is 64.1 Å². The molecule has 2 aromatic carbocycles. The number of halogens is 3. The molecule has 2 N–H and O–H groups in total. The minimum absolute atomic E-state index is 0.0589. The predicted octanol–water partition coefficient (Wildman–Crippen LogP) is 3.26. The van der Waals surface area contributed by atoms with Crippen LogP contribution in [0.2, 0.25) is 0 Å². The number of aryl methyl sites for hydroxylation is 1. The molecule has 0 amide bonds. The Balaban J connectivity index is 1.53. The van der Waals surface area contributed by atoms with E-state index in [2.05, 4.69) is 20.0 Å². The third-order valence-corrected chi connectivity index (χ3v) is 5.50. The van der Waals surface area contributed by atoms with Crippen molar-refractivity contribution in [3.05, 3.63) is 60.4 Å². The molecule has 0 aliphatic heterocycles. The zero-order chi connectivity index (χ0) is 24.5. The second-order valence-corrected chi connectivity index (χ2v) is 8.49. The summed E-state index contributed by atoms with van der Waals surface area (Å²) in [6.07, 6.45) is -3.34. The van der Waals surface area contributed by atoms with Gasteiger partial charge in [-0.25, -0.2) is 13.6 Å². The average Bonchev–Trinajstić information content (AvgIpc) is 3.37. The number of hydrogen-bond donors (Lipinski definition) is 1. The van der Waals surface area contributed by atoms with Crippen molar-refractivity contribution in [2.24, 2.45) is 12.2 Å². The monoisotopic (exact) mass is 495 g/mol. The number of sulfonamides is 1. The van der Waals surface area contributed by atoms with E-state index in [9.17, 15) is 21.6 Å². The molecule has 34 heavy (non-hydrogen) atoms. The van der Waals surface area contributed by atoms with Crippen LogP contribution in [0.1, 0.15) is 5.69 Å². The van der Waals surface area contributed by atoms with E-state index in [1.165, 1.54) is 47.3 Å². The van der Waals surface area contributed by atoms with Crippen LogP contribution in [-0.4, -0.2) is 34.7 Å². The molecule has 178 valence electrons. The summed E-state index contributed by atoms with van der Waals surface area (Å²) < 4.78 is 76.5. The van der Waals surface area contributed by atoms with Gasteiger partial charge in [0.2, 0.25) is 15.8 Å². The van der Waals surface area contributed by atoms with E-state index >= 15 is 0 Å². The van der Waals surface area contributed by atoms with E-state index in [4.69, 9.17) is 14.4 Å². The predicted molar refractivity (Wildman–Crippen MR) is 111 cm³/mol. The Bertz CT molecular complexity index is 1420. The van der Waals surface area contributed by atoms with Crippen molar-refractivity contribution in [3.63, 3.8) is 0 Å². The van der Waals surface area contributed by atoms with Gasteiger partial charge in [-0.05, 0) is 36.4 Å². The van der Waals surface area contributed by atoms with Gasteiger partial charge in [0.25, 0.3) is 5.89 Å². The fourth-order valence-corrected chi connectivity index (χ4v) is 3.48. The van der Waals surface area contributed by atoms with E-state index in [0.29, 0.717) is 16.8 Å². The number of alkyl halides is 3. The number of ether oxygens (including phenoxy) is 2. The molecule has 0 aliphatic rings. The lowest BCUT2D eigenvalue weighted by molar-refractivity contribution is -0.274. The van der Waals surface area contributed by atoms with Crippen LogP contribution in [0.4, 0.5) is 13.2 Å². The van der Waals surface area contributed by atoms with Crippen LogP contribution in [0, 0.1) is 0 Å². The molecule has 0 fully saturated rings. The maximum absolute atomic E-state index is 12.4. The fraction of sp³-hybridized carbons (Fsp3) is 0.150. The van der Waals surface area contributed by atoms with Crippen molar-refractivity contribution >= 4 is 10.0 Å². The summed E-state index contributed by atoms with van der Waals surface area (Å²) >= 11 is 0. The Kier molecular flexibility index (Phi) is 6.01. The molecule has 4 rings (SSSR count). The molecular formula is C20H16F3N5O5S. The molecule has 0 bridgehead atoms. The molecule has 14 heteroatoms. The van der Waals surface area contributed by atoms with Gasteiger partial charge in [0.1, 0.15) is 18.1 Å². The molecule has 0 atom stereocenters. The molecule has 0 saturated heterocycles. The molecule has 0 unspecified atom stereocenters. The third kappa shape index (κ3) is 5.35. The number of nitrogens with zero attached hydrogens (tertiary/aromatic N) is 4. The molecule has 2 aromatic heterocycles. The number of hydrogen-bond acceptors (Lipinski definition) is 8. The number of nitrogens with two attached hydrogens (primary N) is 1. The Hall–Kier alpha value is -3.91. The van der Waals surface area contributed by atoms with Gasteiger partial charge in [-0.3, -0.25) is 4.68 Å². The maximum atomic E-state index is 12.4. The molecule has 4 aromatic rings. The molecule has 2 heterocycles. The first-order valence-electron chi connectivity index (χ1n) is 9.46. The van der Waals surface area contributed by atoms with Crippen LogP contribution < -0.4 is 14.6 Å². The Morgan fingerprint density at radius 2 is 1.82 bits per heavy atom. The highest BCUT2D eigenvalue weighted by Gasteiger charge is 2.31. The normalized spacial score (nSPS) is 12.0. The van der Waals surface area contributed by atoms with Gasteiger partial charge < -0.3 is 14.0 Å². The second-order valence-electron chi connectivity index (χ2n) is 6.93. The highest BCUT2D eigenvalue weighted by Crippen LogP contribution is 2.29. The van der Waals surface area contributed by atoms with Gasteiger partial charge in [-0.2, -0.15) is 10.1 Å². The topological polar surface area (TPSA) is 135 Å². The molecule has 0 aliphatic carbocycles. The minimum Gasteiger partial charge on any atom is -0.487 e. The van der Waals surface area contributed by atoms with Gasteiger partial charge in [0, 0.05) is 18.7 Å². The number of rotatable bonds is 7. The fourth-order valence-electron chi connectivity index (χ4n) is 2.97. The summed E-state index contributed by atoms with van der Waals surface area (Å²) in [5, 5.41) is 13.1. The van der Waals surface area contributed by atoms with Gasteiger partial charge in [-0.1, -0.05) is 11.2 Å². The standard InChI is InChI=1S/C20H16F3N5O5S/c1-28-17(11-31-13-3-2-4-14(9-13)32-20(21,22)23)16(10-25-28)19-26-18(27-33-19)12-5-7-15(8-6-12)34(24,29)30/h2-10H,11H2,1H3,(H2,24,29,30). The smallest absolute Gasteiger partial charge is 0.487 e. The first-order chi connectivity index (χ1) is 16.0. The van der Waals surface area contributed by atoms with Crippen molar-refractivity contribution in [2.45, 2.75) is 17.9 Å².